The highest BCUT2D eigenvalue weighted by atomic mass is 16.4. The molecule has 1 heterocycles. The first kappa shape index (κ1) is 9.93. The lowest BCUT2D eigenvalue weighted by Crippen LogP contribution is -2.44. The monoisotopic (exact) mass is 198 g/mol. The third-order valence-corrected chi connectivity index (χ3v) is 3.39. The van der Waals surface area contributed by atoms with Crippen molar-refractivity contribution in [1.82, 2.24) is 10.4 Å². The van der Waals surface area contributed by atoms with Crippen LogP contribution in [0.5, 0.6) is 0 Å². The Kier molecular flexibility index (Phi) is 2.74. The molecule has 80 valence electrons. The number of hydrazine groups is 1. The van der Waals surface area contributed by atoms with Gasteiger partial charge in [-0.2, -0.15) is 0 Å². The van der Waals surface area contributed by atoms with Crippen LogP contribution in [-0.2, 0) is 4.79 Å². The highest BCUT2D eigenvalue weighted by Crippen LogP contribution is 2.26. The van der Waals surface area contributed by atoms with E-state index in [1.54, 1.807) is 0 Å². The SMILES string of the molecule is CC1CN(C2CCCC2)NC1C(=O)O. The fourth-order valence-electron chi connectivity index (χ4n) is 2.54. The van der Waals surface area contributed by atoms with Gasteiger partial charge in [0.15, 0.2) is 0 Å². The normalized spacial score (nSPS) is 35.2. The molecule has 1 saturated heterocycles. The number of hydrogen-bond donors (Lipinski definition) is 2. The summed E-state index contributed by atoms with van der Waals surface area (Å²) in [6, 6.07) is 0.192. The van der Waals surface area contributed by atoms with Gasteiger partial charge in [-0.15, -0.1) is 0 Å². The van der Waals surface area contributed by atoms with E-state index in [2.05, 4.69) is 10.4 Å². The van der Waals surface area contributed by atoms with Crippen LogP contribution in [0.25, 0.3) is 0 Å². The molecule has 2 fully saturated rings. The predicted molar refractivity (Wildman–Crippen MR) is 52.7 cm³/mol. The topological polar surface area (TPSA) is 52.6 Å². The summed E-state index contributed by atoms with van der Waals surface area (Å²) < 4.78 is 0. The van der Waals surface area contributed by atoms with Gasteiger partial charge in [0.05, 0.1) is 0 Å². The summed E-state index contributed by atoms with van der Waals surface area (Å²) in [6.45, 7) is 2.88. The molecule has 0 aromatic rings. The van der Waals surface area contributed by atoms with Gasteiger partial charge < -0.3 is 5.11 Å². The zero-order valence-corrected chi connectivity index (χ0v) is 8.57. The summed E-state index contributed by atoms with van der Waals surface area (Å²) in [5.41, 5.74) is 3.12. The average Bonchev–Trinajstić information content (AvgIpc) is 2.70. The zero-order chi connectivity index (χ0) is 10.1. The largest absolute Gasteiger partial charge is 0.480 e. The van der Waals surface area contributed by atoms with Crippen LogP contribution in [0.2, 0.25) is 0 Å². The second-order valence-electron chi connectivity index (χ2n) is 4.51. The van der Waals surface area contributed by atoms with Gasteiger partial charge in [-0.3, -0.25) is 4.79 Å². The van der Waals surface area contributed by atoms with Gasteiger partial charge in [-0.05, 0) is 18.8 Å². The maximum Gasteiger partial charge on any atom is 0.322 e. The molecule has 0 aromatic carbocycles. The third-order valence-electron chi connectivity index (χ3n) is 3.39. The van der Waals surface area contributed by atoms with E-state index in [1.807, 2.05) is 6.92 Å². The molecule has 14 heavy (non-hydrogen) atoms. The standard InChI is InChI=1S/C10H18N2O2/c1-7-6-12(8-4-2-3-5-8)11-9(7)10(13)14/h7-9,11H,2-6H2,1H3,(H,13,14). The Morgan fingerprint density at radius 1 is 1.43 bits per heavy atom. The van der Waals surface area contributed by atoms with Gasteiger partial charge >= 0.3 is 5.97 Å². The van der Waals surface area contributed by atoms with Crippen molar-refractivity contribution in [3.8, 4) is 0 Å². The Labute approximate surface area is 84.2 Å². The molecule has 2 unspecified atom stereocenters. The summed E-state index contributed by atoms with van der Waals surface area (Å²) in [6.07, 6.45) is 5.00. The first-order valence-electron chi connectivity index (χ1n) is 5.44. The molecule has 1 saturated carbocycles. The number of rotatable bonds is 2. The van der Waals surface area contributed by atoms with Crippen molar-refractivity contribution in [3.63, 3.8) is 0 Å². The Balaban J connectivity index is 1.94. The molecule has 2 aliphatic rings. The number of carbonyl (C=O) groups is 1. The molecule has 1 aliphatic heterocycles. The molecule has 4 heteroatoms. The highest BCUT2D eigenvalue weighted by Gasteiger charge is 2.37. The predicted octanol–water partition coefficient (Wildman–Crippen LogP) is 0.838. The smallest absolute Gasteiger partial charge is 0.322 e. The van der Waals surface area contributed by atoms with Gasteiger partial charge in [0.2, 0.25) is 0 Å². The first-order valence-corrected chi connectivity index (χ1v) is 5.44. The fraction of sp³-hybridized carbons (Fsp3) is 0.900. The molecule has 2 N–H and O–H groups in total. The number of carboxylic acid groups (broad SMARTS) is 1. The van der Waals surface area contributed by atoms with Crippen LogP contribution >= 0.6 is 0 Å². The Morgan fingerprint density at radius 3 is 2.57 bits per heavy atom. The number of nitrogens with one attached hydrogen (secondary N) is 1. The zero-order valence-electron chi connectivity index (χ0n) is 8.57. The molecule has 0 radical (unpaired) electrons. The fourth-order valence-corrected chi connectivity index (χ4v) is 2.54. The second kappa shape index (κ2) is 3.87. The molecule has 0 aromatic heterocycles. The van der Waals surface area contributed by atoms with E-state index in [-0.39, 0.29) is 12.0 Å². The minimum Gasteiger partial charge on any atom is -0.480 e. The lowest BCUT2D eigenvalue weighted by molar-refractivity contribution is -0.140. The summed E-state index contributed by atoms with van der Waals surface area (Å²) in [5.74, 6) is -0.508. The summed E-state index contributed by atoms with van der Waals surface area (Å²) in [7, 11) is 0. The minimum atomic E-state index is -0.724. The summed E-state index contributed by atoms with van der Waals surface area (Å²) >= 11 is 0. The maximum atomic E-state index is 10.9. The van der Waals surface area contributed by atoms with E-state index in [4.69, 9.17) is 5.11 Å². The van der Waals surface area contributed by atoms with Gasteiger partial charge in [0.1, 0.15) is 6.04 Å². The van der Waals surface area contributed by atoms with Crippen LogP contribution < -0.4 is 5.43 Å². The van der Waals surface area contributed by atoms with Gasteiger partial charge in [-0.1, -0.05) is 19.8 Å². The Morgan fingerprint density at radius 2 is 2.07 bits per heavy atom. The molecule has 0 amide bonds. The van der Waals surface area contributed by atoms with Crippen LogP contribution in [0.1, 0.15) is 32.6 Å². The number of nitrogens with zero attached hydrogens (tertiary/aromatic N) is 1. The molecule has 0 bridgehead atoms. The maximum absolute atomic E-state index is 10.9. The average molecular weight is 198 g/mol. The van der Waals surface area contributed by atoms with Crippen LogP contribution in [0.3, 0.4) is 0 Å². The molecule has 1 aliphatic carbocycles. The molecule has 0 spiro atoms. The summed E-state index contributed by atoms with van der Waals surface area (Å²) in [5, 5.41) is 11.1. The van der Waals surface area contributed by atoms with E-state index < -0.39 is 5.97 Å². The van der Waals surface area contributed by atoms with E-state index in [0.29, 0.717) is 6.04 Å². The number of carboxylic acids is 1. The molecular weight excluding hydrogens is 180 g/mol. The molecular formula is C10H18N2O2. The highest BCUT2D eigenvalue weighted by molar-refractivity contribution is 5.74. The lowest BCUT2D eigenvalue weighted by atomic mass is 10.1. The van der Waals surface area contributed by atoms with Crippen molar-refractivity contribution in [2.75, 3.05) is 6.54 Å². The van der Waals surface area contributed by atoms with Crippen molar-refractivity contribution in [3.05, 3.63) is 0 Å². The molecule has 4 nitrogen and oxygen atoms in total. The van der Waals surface area contributed by atoms with E-state index in [0.717, 1.165) is 6.54 Å². The van der Waals surface area contributed by atoms with Gasteiger partial charge in [0, 0.05) is 12.6 Å². The van der Waals surface area contributed by atoms with Crippen LogP contribution in [0.15, 0.2) is 0 Å². The van der Waals surface area contributed by atoms with E-state index in [1.165, 1.54) is 25.7 Å². The second-order valence-corrected chi connectivity index (χ2v) is 4.51. The van der Waals surface area contributed by atoms with Crippen molar-refractivity contribution < 1.29 is 9.90 Å². The van der Waals surface area contributed by atoms with Crippen LogP contribution in [0.4, 0.5) is 0 Å². The Hall–Kier alpha value is -0.610. The Bertz CT molecular complexity index is 226. The third kappa shape index (κ3) is 1.77. The van der Waals surface area contributed by atoms with Crippen molar-refractivity contribution >= 4 is 5.97 Å². The van der Waals surface area contributed by atoms with Crippen LogP contribution in [0, 0.1) is 5.92 Å². The molecule has 2 rings (SSSR count). The van der Waals surface area contributed by atoms with Gasteiger partial charge in [0.25, 0.3) is 0 Å². The van der Waals surface area contributed by atoms with Crippen molar-refractivity contribution in [2.24, 2.45) is 5.92 Å². The lowest BCUT2D eigenvalue weighted by Gasteiger charge is -2.23. The number of aliphatic carboxylic acids is 1. The van der Waals surface area contributed by atoms with Crippen molar-refractivity contribution in [2.45, 2.75) is 44.7 Å². The summed E-state index contributed by atoms with van der Waals surface area (Å²) in [4.78, 5) is 10.9. The minimum absolute atomic E-state index is 0.216. The quantitative estimate of drug-likeness (QED) is 0.690. The van der Waals surface area contributed by atoms with E-state index in [9.17, 15) is 4.79 Å². The van der Waals surface area contributed by atoms with Gasteiger partial charge in [-0.25, -0.2) is 10.4 Å². The van der Waals surface area contributed by atoms with E-state index >= 15 is 0 Å². The first-order chi connectivity index (χ1) is 6.68. The van der Waals surface area contributed by atoms with Crippen LogP contribution in [-0.4, -0.2) is 34.7 Å². The van der Waals surface area contributed by atoms with Crippen molar-refractivity contribution in [1.29, 1.82) is 0 Å². The molecule has 2 atom stereocenters. The number of hydrogen-bond acceptors (Lipinski definition) is 3.